The third-order valence-electron chi connectivity index (χ3n) is 3.80. The first-order valence-corrected chi connectivity index (χ1v) is 7.32. The molecule has 0 saturated carbocycles. The monoisotopic (exact) mass is 312 g/mol. The standard InChI is InChI=1S/C15H18ClFN2O2/c1-3-9(2)14-15(21)19(8-13(20)18-14)7-10-4-5-12(17)11(16)6-10/h4-6,9,14H,3,7-8H2,1-2H3,(H,18,20). The lowest BCUT2D eigenvalue weighted by molar-refractivity contribution is -0.146. The van der Waals surface area contributed by atoms with Crippen LogP contribution in [0.5, 0.6) is 0 Å². The molecule has 1 fully saturated rings. The van der Waals surface area contributed by atoms with E-state index >= 15 is 0 Å². The molecule has 1 aliphatic rings. The van der Waals surface area contributed by atoms with Crippen molar-refractivity contribution in [2.45, 2.75) is 32.9 Å². The van der Waals surface area contributed by atoms with Gasteiger partial charge in [0.1, 0.15) is 11.9 Å². The Morgan fingerprint density at radius 1 is 1.48 bits per heavy atom. The molecule has 1 N–H and O–H groups in total. The predicted octanol–water partition coefficient (Wildman–Crippen LogP) is 2.35. The Morgan fingerprint density at radius 2 is 2.19 bits per heavy atom. The highest BCUT2D eigenvalue weighted by Crippen LogP contribution is 2.20. The van der Waals surface area contributed by atoms with Crippen LogP contribution < -0.4 is 5.32 Å². The molecule has 2 unspecified atom stereocenters. The number of piperazine rings is 1. The van der Waals surface area contributed by atoms with Crippen LogP contribution in [0.1, 0.15) is 25.8 Å². The van der Waals surface area contributed by atoms with Crippen molar-refractivity contribution in [2.24, 2.45) is 5.92 Å². The summed E-state index contributed by atoms with van der Waals surface area (Å²) in [6.07, 6.45) is 0.799. The van der Waals surface area contributed by atoms with Crippen LogP contribution in [0.2, 0.25) is 5.02 Å². The van der Waals surface area contributed by atoms with E-state index in [1.165, 1.54) is 17.0 Å². The van der Waals surface area contributed by atoms with Gasteiger partial charge in [0.2, 0.25) is 11.8 Å². The zero-order valence-corrected chi connectivity index (χ0v) is 12.8. The van der Waals surface area contributed by atoms with Crippen LogP contribution in [0.3, 0.4) is 0 Å². The Labute approximate surface area is 128 Å². The van der Waals surface area contributed by atoms with Crippen molar-refractivity contribution in [3.63, 3.8) is 0 Å². The zero-order valence-electron chi connectivity index (χ0n) is 12.0. The molecule has 1 aliphatic heterocycles. The maximum absolute atomic E-state index is 13.2. The average molecular weight is 313 g/mol. The van der Waals surface area contributed by atoms with Crippen molar-refractivity contribution in [3.05, 3.63) is 34.6 Å². The fourth-order valence-electron chi connectivity index (χ4n) is 2.34. The van der Waals surface area contributed by atoms with E-state index in [9.17, 15) is 14.0 Å². The van der Waals surface area contributed by atoms with Gasteiger partial charge < -0.3 is 10.2 Å². The number of hydrogen-bond acceptors (Lipinski definition) is 2. The number of benzene rings is 1. The molecule has 114 valence electrons. The normalized spacial score (nSPS) is 20.4. The first-order chi connectivity index (χ1) is 9.92. The number of halogens is 2. The lowest BCUT2D eigenvalue weighted by atomic mass is 9.96. The van der Waals surface area contributed by atoms with Crippen LogP contribution in [-0.4, -0.2) is 29.3 Å². The van der Waals surface area contributed by atoms with Gasteiger partial charge in [-0.05, 0) is 23.6 Å². The van der Waals surface area contributed by atoms with Crippen molar-refractivity contribution in [1.82, 2.24) is 10.2 Å². The van der Waals surface area contributed by atoms with Crippen molar-refractivity contribution >= 4 is 23.4 Å². The SMILES string of the molecule is CCC(C)C1NC(=O)CN(Cc2ccc(F)c(Cl)c2)C1=O. The third-order valence-corrected chi connectivity index (χ3v) is 4.09. The lowest BCUT2D eigenvalue weighted by Gasteiger charge is -2.35. The second-order valence-electron chi connectivity index (χ2n) is 5.37. The molecular weight excluding hydrogens is 295 g/mol. The highest BCUT2D eigenvalue weighted by Gasteiger charge is 2.35. The molecule has 0 aromatic heterocycles. The van der Waals surface area contributed by atoms with Crippen molar-refractivity contribution in [3.8, 4) is 0 Å². The number of hydrogen-bond donors (Lipinski definition) is 1. The maximum atomic E-state index is 13.2. The summed E-state index contributed by atoms with van der Waals surface area (Å²) in [5.74, 6) is -0.709. The molecule has 0 radical (unpaired) electrons. The van der Waals surface area contributed by atoms with E-state index in [4.69, 9.17) is 11.6 Å². The minimum Gasteiger partial charge on any atom is -0.342 e. The lowest BCUT2D eigenvalue weighted by Crippen LogP contribution is -2.59. The first kappa shape index (κ1) is 15.8. The quantitative estimate of drug-likeness (QED) is 0.928. The van der Waals surface area contributed by atoms with Gasteiger partial charge in [-0.2, -0.15) is 0 Å². The van der Waals surface area contributed by atoms with Gasteiger partial charge in [0.25, 0.3) is 0 Å². The van der Waals surface area contributed by atoms with E-state index in [0.717, 1.165) is 6.42 Å². The second-order valence-corrected chi connectivity index (χ2v) is 5.78. The second kappa shape index (κ2) is 6.43. The molecular formula is C15H18ClFN2O2. The first-order valence-electron chi connectivity index (χ1n) is 6.94. The number of nitrogens with zero attached hydrogens (tertiary/aromatic N) is 1. The van der Waals surface area contributed by atoms with Gasteiger partial charge in [-0.25, -0.2) is 4.39 Å². The molecule has 0 aliphatic carbocycles. The van der Waals surface area contributed by atoms with Gasteiger partial charge in [-0.1, -0.05) is 37.9 Å². The summed E-state index contributed by atoms with van der Waals surface area (Å²) >= 11 is 5.74. The fraction of sp³-hybridized carbons (Fsp3) is 0.467. The molecule has 1 saturated heterocycles. The Bertz CT molecular complexity index is 565. The van der Waals surface area contributed by atoms with E-state index in [1.54, 1.807) is 6.07 Å². The van der Waals surface area contributed by atoms with Gasteiger partial charge in [-0.3, -0.25) is 9.59 Å². The Balaban J connectivity index is 2.16. The average Bonchev–Trinajstić information content (AvgIpc) is 2.45. The van der Waals surface area contributed by atoms with Crippen LogP contribution in [0.25, 0.3) is 0 Å². The Morgan fingerprint density at radius 3 is 2.81 bits per heavy atom. The topological polar surface area (TPSA) is 49.4 Å². The molecule has 6 heteroatoms. The summed E-state index contributed by atoms with van der Waals surface area (Å²) < 4.78 is 13.2. The van der Waals surface area contributed by atoms with Crippen LogP contribution in [0, 0.1) is 11.7 Å². The molecule has 2 amide bonds. The maximum Gasteiger partial charge on any atom is 0.246 e. The number of rotatable bonds is 4. The van der Waals surface area contributed by atoms with E-state index in [-0.39, 0.29) is 35.8 Å². The minimum atomic E-state index is -0.499. The molecule has 0 spiro atoms. The largest absolute Gasteiger partial charge is 0.342 e. The summed E-state index contributed by atoms with van der Waals surface area (Å²) in [7, 11) is 0. The molecule has 21 heavy (non-hydrogen) atoms. The number of carbonyl (C=O) groups excluding carboxylic acids is 2. The van der Waals surface area contributed by atoms with E-state index in [2.05, 4.69) is 5.32 Å². The van der Waals surface area contributed by atoms with Gasteiger partial charge in [0.15, 0.2) is 0 Å². The number of nitrogens with one attached hydrogen (secondary N) is 1. The van der Waals surface area contributed by atoms with Crippen molar-refractivity contribution in [1.29, 1.82) is 0 Å². The van der Waals surface area contributed by atoms with E-state index in [1.807, 2.05) is 13.8 Å². The predicted molar refractivity (Wildman–Crippen MR) is 78.2 cm³/mol. The molecule has 2 rings (SSSR count). The number of carbonyl (C=O) groups is 2. The van der Waals surface area contributed by atoms with Gasteiger partial charge in [-0.15, -0.1) is 0 Å². The van der Waals surface area contributed by atoms with Gasteiger partial charge in [0.05, 0.1) is 11.6 Å². The summed E-state index contributed by atoms with van der Waals surface area (Å²) in [4.78, 5) is 25.7. The zero-order chi connectivity index (χ0) is 15.6. The third kappa shape index (κ3) is 3.53. The molecule has 1 heterocycles. The minimum absolute atomic E-state index is 0.0138. The van der Waals surface area contributed by atoms with Gasteiger partial charge >= 0.3 is 0 Å². The van der Waals surface area contributed by atoms with Crippen molar-refractivity contribution < 1.29 is 14.0 Å². The van der Waals surface area contributed by atoms with Crippen LogP contribution in [0.4, 0.5) is 4.39 Å². The Kier molecular flexibility index (Phi) is 4.83. The highest BCUT2D eigenvalue weighted by atomic mass is 35.5. The van der Waals surface area contributed by atoms with Crippen LogP contribution in [0.15, 0.2) is 18.2 Å². The highest BCUT2D eigenvalue weighted by molar-refractivity contribution is 6.30. The molecule has 4 nitrogen and oxygen atoms in total. The summed E-state index contributed by atoms with van der Waals surface area (Å²) in [6.45, 7) is 4.17. The van der Waals surface area contributed by atoms with Crippen LogP contribution in [-0.2, 0) is 16.1 Å². The molecule has 1 aromatic carbocycles. The Hall–Kier alpha value is -1.62. The number of amides is 2. The summed E-state index contributed by atoms with van der Waals surface area (Å²) in [5, 5.41) is 2.75. The summed E-state index contributed by atoms with van der Waals surface area (Å²) in [5.41, 5.74) is 0.701. The molecule has 0 bridgehead atoms. The molecule has 2 atom stereocenters. The smallest absolute Gasteiger partial charge is 0.246 e. The molecule has 1 aromatic rings. The fourth-order valence-corrected chi connectivity index (χ4v) is 2.55. The van der Waals surface area contributed by atoms with E-state index in [0.29, 0.717) is 5.56 Å². The van der Waals surface area contributed by atoms with Gasteiger partial charge in [0, 0.05) is 6.54 Å². The summed E-state index contributed by atoms with van der Waals surface area (Å²) in [6, 6.07) is 3.82. The van der Waals surface area contributed by atoms with Crippen LogP contribution >= 0.6 is 11.6 Å². The van der Waals surface area contributed by atoms with E-state index < -0.39 is 11.9 Å². The van der Waals surface area contributed by atoms with Crippen molar-refractivity contribution in [2.75, 3.05) is 6.54 Å².